The summed E-state index contributed by atoms with van der Waals surface area (Å²) in [5.74, 6) is -0.0345. The minimum absolute atomic E-state index is 0.0345. The van der Waals surface area contributed by atoms with Gasteiger partial charge in [-0.2, -0.15) is 0 Å². The van der Waals surface area contributed by atoms with E-state index in [-0.39, 0.29) is 11.9 Å². The summed E-state index contributed by atoms with van der Waals surface area (Å²) in [6, 6.07) is -0.351. The topological polar surface area (TPSA) is 64.4 Å². The van der Waals surface area contributed by atoms with Gasteiger partial charge in [-0.1, -0.05) is 26.2 Å². The lowest BCUT2D eigenvalue weighted by Gasteiger charge is -2.13. The van der Waals surface area contributed by atoms with E-state index in [2.05, 4.69) is 5.32 Å². The van der Waals surface area contributed by atoms with Crippen LogP contribution < -0.4 is 11.1 Å². The second-order valence-corrected chi connectivity index (χ2v) is 4.82. The molecule has 17 heavy (non-hydrogen) atoms. The van der Waals surface area contributed by atoms with Crippen LogP contribution in [0, 0.1) is 0 Å². The Morgan fingerprint density at radius 2 is 2.18 bits per heavy atom. The maximum atomic E-state index is 11.5. The molecule has 1 rings (SSSR count). The third-order valence-electron chi connectivity index (χ3n) is 3.21. The van der Waals surface area contributed by atoms with Crippen molar-refractivity contribution in [2.45, 2.75) is 64.0 Å². The van der Waals surface area contributed by atoms with Gasteiger partial charge in [-0.15, -0.1) is 0 Å². The molecule has 0 heterocycles. The molecule has 100 valence electrons. The predicted octanol–water partition coefficient (Wildman–Crippen LogP) is 1.58. The van der Waals surface area contributed by atoms with E-state index >= 15 is 0 Å². The summed E-state index contributed by atoms with van der Waals surface area (Å²) < 4.78 is 5.71. The van der Waals surface area contributed by atoms with Crippen LogP contribution in [0.1, 0.15) is 51.9 Å². The van der Waals surface area contributed by atoms with Crippen molar-refractivity contribution in [2.24, 2.45) is 5.73 Å². The van der Waals surface area contributed by atoms with Crippen LogP contribution in [0.2, 0.25) is 0 Å². The molecule has 4 heteroatoms. The van der Waals surface area contributed by atoms with Crippen molar-refractivity contribution in [1.82, 2.24) is 5.32 Å². The predicted molar refractivity (Wildman–Crippen MR) is 68.7 cm³/mol. The van der Waals surface area contributed by atoms with Gasteiger partial charge in [-0.25, -0.2) is 0 Å². The molecule has 1 aliphatic carbocycles. The molecule has 0 aliphatic heterocycles. The lowest BCUT2D eigenvalue weighted by atomic mass is 10.2. The molecule has 0 bridgehead atoms. The number of hydrogen-bond donors (Lipinski definition) is 2. The van der Waals surface area contributed by atoms with Crippen LogP contribution in [0.3, 0.4) is 0 Å². The van der Waals surface area contributed by atoms with Gasteiger partial charge in [0.15, 0.2) is 0 Å². The van der Waals surface area contributed by atoms with E-state index in [0.717, 1.165) is 25.9 Å². The zero-order valence-corrected chi connectivity index (χ0v) is 10.9. The quantitative estimate of drug-likeness (QED) is 0.635. The molecule has 3 N–H and O–H groups in total. The number of nitrogens with two attached hydrogens (primary N) is 1. The Bertz CT molecular complexity index is 215. The zero-order valence-electron chi connectivity index (χ0n) is 10.9. The van der Waals surface area contributed by atoms with Crippen molar-refractivity contribution in [3.05, 3.63) is 0 Å². The first-order valence-corrected chi connectivity index (χ1v) is 6.89. The highest BCUT2D eigenvalue weighted by molar-refractivity contribution is 5.81. The first kappa shape index (κ1) is 14.5. The van der Waals surface area contributed by atoms with Crippen molar-refractivity contribution in [1.29, 1.82) is 0 Å². The van der Waals surface area contributed by atoms with E-state index in [1.54, 1.807) is 0 Å². The largest absolute Gasteiger partial charge is 0.378 e. The highest BCUT2D eigenvalue weighted by atomic mass is 16.5. The van der Waals surface area contributed by atoms with Gasteiger partial charge in [0.2, 0.25) is 5.91 Å². The van der Waals surface area contributed by atoms with Gasteiger partial charge >= 0.3 is 0 Å². The van der Waals surface area contributed by atoms with Crippen LogP contribution in [0.25, 0.3) is 0 Å². The minimum Gasteiger partial charge on any atom is -0.378 e. The normalized spacial score (nSPS) is 18.2. The Kier molecular flexibility index (Phi) is 7.21. The molecule has 0 aromatic heterocycles. The smallest absolute Gasteiger partial charge is 0.236 e. The summed E-state index contributed by atoms with van der Waals surface area (Å²) in [4.78, 5) is 11.5. The summed E-state index contributed by atoms with van der Waals surface area (Å²) >= 11 is 0. The Labute approximate surface area is 104 Å². The third-order valence-corrected chi connectivity index (χ3v) is 3.21. The number of rotatable bonds is 8. The van der Waals surface area contributed by atoms with Gasteiger partial charge in [0.05, 0.1) is 12.1 Å². The molecule has 1 aliphatic rings. The van der Waals surface area contributed by atoms with E-state index in [4.69, 9.17) is 10.5 Å². The van der Waals surface area contributed by atoms with Gasteiger partial charge in [0, 0.05) is 13.2 Å². The Balaban J connectivity index is 1.94. The molecule has 1 saturated carbocycles. The Hall–Kier alpha value is -0.610. The fourth-order valence-electron chi connectivity index (χ4n) is 2.16. The lowest BCUT2D eigenvalue weighted by Crippen LogP contribution is -2.41. The number of carbonyl (C=O) groups excluding carboxylic acids is 1. The van der Waals surface area contributed by atoms with Crippen molar-refractivity contribution in [3.63, 3.8) is 0 Å². The maximum Gasteiger partial charge on any atom is 0.236 e. The molecular formula is C13H26N2O2. The van der Waals surface area contributed by atoms with Crippen molar-refractivity contribution < 1.29 is 9.53 Å². The molecule has 1 amide bonds. The van der Waals surface area contributed by atoms with Gasteiger partial charge in [0.25, 0.3) is 0 Å². The molecule has 0 spiro atoms. The average molecular weight is 242 g/mol. The number of carbonyl (C=O) groups is 1. The summed E-state index contributed by atoms with van der Waals surface area (Å²) in [6.07, 6.45) is 8.04. The molecule has 0 saturated heterocycles. The summed E-state index contributed by atoms with van der Waals surface area (Å²) in [6.45, 7) is 3.44. The molecular weight excluding hydrogens is 216 g/mol. The van der Waals surface area contributed by atoms with E-state index in [1.807, 2.05) is 6.92 Å². The number of hydrogen-bond acceptors (Lipinski definition) is 3. The fourth-order valence-corrected chi connectivity index (χ4v) is 2.16. The summed E-state index contributed by atoms with van der Waals surface area (Å²) in [5, 5.41) is 2.85. The van der Waals surface area contributed by atoms with E-state index < -0.39 is 0 Å². The van der Waals surface area contributed by atoms with E-state index in [1.165, 1.54) is 25.7 Å². The van der Waals surface area contributed by atoms with E-state index in [9.17, 15) is 4.79 Å². The maximum absolute atomic E-state index is 11.5. The van der Waals surface area contributed by atoms with Crippen molar-refractivity contribution in [3.8, 4) is 0 Å². The van der Waals surface area contributed by atoms with E-state index in [0.29, 0.717) is 12.6 Å². The van der Waals surface area contributed by atoms with Gasteiger partial charge in [-0.05, 0) is 25.7 Å². The van der Waals surface area contributed by atoms with Gasteiger partial charge in [-0.3, -0.25) is 4.79 Å². The van der Waals surface area contributed by atoms with Crippen LogP contribution in [-0.4, -0.2) is 31.2 Å². The monoisotopic (exact) mass is 242 g/mol. The van der Waals surface area contributed by atoms with Gasteiger partial charge < -0.3 is 15.8 Å². The first-order chi connectivity index (χ1) is 8.24. The van der Waals surface area contributed by atoms with Crippen molar-refractivity contribution >= 4 is 5.91 Å². The molecule has 1 atom stereocenters. The Morgan fingerprint density at radius 3 is 2.82 bits per heavy atom. The van der Waals surface area contributed by atoms with Gasteiger partial charge in [0.1, 0.15) is 0 Å². The molecule has 4 nitrogen and oxygen atoms in total. The second-order valence-electron chi connectivity index (χ2n) is 4.82. The molecule has 0 radical (unpaired) electrons. The highest BCUT2D eigenvalue weighted by Gasteiger charge is 2.15. The third kappa shape index (κ3) is 6.03. The fraction of sp³-hybridized carbons (Fsp3) is 0.923. The number of amides is 1. The molecule has 0 aromatic carbocycles. The zero-order chi connectivity index (χ0) is 12.5. The lowest BCUT2D eigenvalue weighted by molar-refractivity contribution is -0.122. The number of ether oxygens (including phenoxy) is 1. The van der Waals surface area contributed by atoms with Crippen molar-refractivity contribution in [2.75, 3.05) is 13.2 Å². The average Bonchev–Trinajstić information content (AvgIpc) is 2.81. The van der Waals surface area contributed by atoms with Crippen LogP contribution in [0.15, 0.2) is 0 Å². The van der Waals surface area contributed by atoms with Crippen LogP contribution in [0.5, 0.6) is 0 Å². The summed E-state index contributed by atoms with van der Waals surface area (Å²) in [5.41, 5.74) is 5.70. The van der Waals surface area contributed by atoms with Crippen LogP contribution in [0.4, 0.5) is 0 Å². The SMILES string of the molecule is CCCC(N)C(=O)NCCCOC1CCCC1. The standard InChI is InChI=1S/C13H26N2O2/c1-2-6-12(14)13(16)15-9-5-10-17-11-7-3-4-8-11/h11-12H,2-10,14H2,1H3,(H,15,16). The molecule has 1 unspecified atom stereocenters. The van der Waals surface area contributed by atoms with Crippen LogP contribution >= 0.6 is 0 Å². The number of nitrogens with one attached hydrogen (secondary N) is 1. The highest BCUT2D eigenvalue weighted by Crippen LogP contribution is 2.20. The minimum atomic E-state index is -0.351. The molecule has 1 fully saturated rings. The second kappa shape index (κ2) is 8.48. The Morgan fingerprint density at radius 1 is 1.47 bits per heavy atom. The first-order valence-electron chi connectivity index (χ1n) is 6.89. The summed E-state index contributed by atoms with van der Waals surface area (Å²) in [7, 11) is 0. The van der Waals surface area contributed by atoms with Crippen LogP contribution in [-0.2, 0) is 9.53 Å². The molecule has 0 aromatic rings.